The van der Waals surface area contributed by atoms with Crippen LogP contribution in [-0.4, -0.2) is 39.6 Å². The first kappa shape index (κ1) is 16.8. The lowest BCUT2D eigenvalue weighted by molar-refractivity contribution is -0.912. The number of rotatable bonds is 7. The summed E-state index contributed by atoms with van der Waals surface area (Å²) in [5.74, 6) is 2.82. The highest BCUT2D eigenvalue weighted by atomic mass is 16.5. The average Bonchev–Trinajstić information content (AvgIpc) is 2.50. The van der Waals surface area contributed by atoms with E-state index in [9.17, 15) is 4.79 Å². The molecule has 22 heavy (non-hydrogen) atoms. The van der Waals surface area contributed by atoms with Crippen molar-refractivity contribution in [1.82, 2.24) is 0 Å². The summed E-state index contributed by atoms with van der Waals surface area (Å²) in [5.41, 5.74) is 0.548. The average molecular weight is 306 g/mol. The van der Waals surface area contributed by atoms with E-state index in [1.807, 2.05) is 6.07 Å². The van der Waals surface area contributed by atoms with E-state index in [4.69, 9.17) is 9.47 Å². The van der Waals surface area contributed by atoms with E-state index in [2.05, 4.69) is 13.8 Å². The maximum absolute atomic E-state index is 11.1. The van der Waals surface area contributed by atoms with Gasteiger partial charge in [-0.25, -0.2) is 0 Å². The van der Waals surface area contributed by atoms with Gasteiger partial charge in [0, 0.05) is 18.3 Å². The van der Waals surface area contributed by atoms with E-state index in [0.29, 0.717) is 23.7 Å². The van der Waals surface area contributed by atoms with Crippen LogP contribution in [0.3, 0.4) is 0 Å². The topological polar surface area (TPSA) is 40.0 Å². The van der Waals surface area contributed by atoms with Crippen LogP contribution in [0.25, 0.3) is 0 Å². The Morgan fingerprint density at radius 2 is 2.00 bits per heavy atom. The number of nitrogens with one attached hydrogen (secondary N) is 1. The number of likely N-dealkylation sites (tertiary alicyclic amines) is 1. The van der Waals surface area contributed by atoms with Gasteiger partial charge in [0.2, 0.25) is 0 Å². The van der Waals surface area contributed by atoms with Crippen molar-refractivity contribution in [2.45, 2.75) is 26.7 Å². The number of aldehydes is 1. The van der Waals surface area contributed by atoms with Crippen molar-refractivity contribution in [2.75, 3.05) is 33.4 Å². The van der Waals surface area contributed by atoms with Gasteiger partial charge >= 0.3 is 0 Å². The second kappa shape index (κ2) is 8.18. The van der Waals surface area contributed by atoms with Gasteiger partial charge in [-0.3, -0.25) is 4.79 Å². The number of carbonyl (C=O) groups is 1. The quantitative estimate of drug-likeness (QED) is 0.617. The Labute approximate surface area is 133 Å². The lowest BCUT2D eigenvalue weighted by atomic mass is 9.92. The zero-order valence-electron chi connectivity index (χ0n) is 13.9. The number of carbonyl (C=O) groups excluding carboxylic acids is 1. The molecule has 4 heteroatoms. The predicted molar refractivity (Wildman–Crippen MR) is 87.0 cm³/mol. The molecule has 2 atom stereocenters. The van der Waals surface area contributed by atoms with Crippen LogP contribution in [-0.2, 0) is 0 Å². The summed E-state index contributed by atoms with van der Waals surface area (Å²) in [6, 6.07) is 5.38. The number of piperidine rings is 1. The summed E-state index contributed by atoms with van der Waals surface area (Å²) in [6.07, 6.45) is 3.16. The molecule has 1 fully saturated rings. The number of para-hydroxylation sites is 1. The van der Waals surface area contributed by atoms with Crippen LogP contribution in [0.5, 0.6) is 11.5 Å². The molecule has 1 saturated heterocycles. The molecule has 1 heterocycles. The Morgan fingerprint density at radius 1 is 1.27 bits per heavy atom. The lowest BCUT2D eigenvalue weighted by Gasteiger charge is -2.32. The minimum atomic E-state index is 0.548. The molecule has 0 saturated carbocycles. The monoisotopic (exact) mass is 306 g/mol. The number of hydrogen-bond acceptors (Lipinski definition) is 3. The van der Waals surface area contributed by atoms with E-state index >= 15 is 0 Å². The Balaban J connectivity index is 1.83. The van der Waals surface area contributed by atoms with Gasteiger partial charge in [-0.1, -0.05) is 19.9 Å². The third-order valence-corrected chi connectivity index (χ3v) is 4.36. The largest absolute Gasteiger partial charge is 0.493 e. The summed E-state index contributed by atoms with van der Waals surface area (Å²) in [5, 5.41) is 0. The van der Waals surface area contributed by atoms with Crippen molar-refractivity contribution in [2.24, 2.45) is 11.8 Å². The number of methoxy groups -OCH3 is 1. The van der Waals surface area contributed by atoms with Crippen molar-refractivity contribution in [3.63, 3.8) is 0 Å². The fraction of sp³-hybridized carbons (Fsp3) is 0.611. The summed E-state index contributed by atoms with van der Waals surface area (Å²) < 4.78 is 11.1. The van der Waals surface area contributed by atoms with Crippen LogP contribution in [0.4, 0.5) is 0 Å². The number of hydrogen-bond donors (Lipinski definition) is 1. The third-order valence-electron chi connectivity index (χ3n) is 4.36. The maximum atomic E-state index is 11.1. The van der Waals surface area contributed by atoms with Gasteiger partial charge < -0.3 is 14.4 Å². The van der Waals surface area contributed by atoms with Crippen LogP contribution in [0.1, 0.15) is 37.0 Å². The molecule has 0 radical (unpaired) electrons. The zero-order valence-corrected chi connectivity index (χ0v) is 13.9. The van der Waals surface area contributed by atoms with Gasteiger partial charge in [0.1, 0.15) is 0 Å². The fourth-order valence-corrected chi connectivity index (χ4v) is 3.56. The first-order valence-electron chi connectivity index (χ1n) is 8.22. The van der Waals surface area contributed by atoms with E-state index in [1.165, 1.54) is 19.5 Å². The first-order chi connectivity index (χ1) is 10.6. The molecule has 2 rings (SSSR count). The number of benzene rings is 1. The van der Waals surface area contributed by atoms with Gasteiger partial charge in [0.05, 0.1) is 38.9 Å². The van der Waals surface area contributed by atoms with Gasteiger partial charge in [-0.15, -0.1) is 0 Å². The molecule has 0 unspecified atom stereocenters. The van der Waals surface area contributed by atoms with Gasteiger partial charge in [-0.2, -0.15) is 0 Å². The van der Waals surface area contributed by atoms with Gasteiger partial charge in [0.15, 0.2) is 17.8 Å². The molecular formula is C18H28NO3+. The number of quaternary nitrogens is 1. The van der Waals surface area contributed by atoms with E-state index < -0.39 is 0 Å². The Kier molecular flexibility index (Phi) is 6.25. The molecular weight excluding hydrogens is 278 g/mol. The Hall–Kier alpha value is -1.55. The molecule has 1 aliphatic rings. The summed E-state index contributed by atoms with van der Waals surface area (Å²) >= 11 is 0. The normalized spacial score (nSPS) is 24.8. The number of ether oxygens (including phenoxy) is 2. The van der Waals surface area contributed by atoms with Crippen molar-refractivity contribution in [1.29, 1.82) is 0 Å². The molecule has 1 aromatic rings. The summed E-state index contributed by atoms with van der Waals surface area (Å²) in [4.78, 5) is 12.8. The van der Waals surface area contributed by atoms with Crippen LogP contribution in [0.15, 0.2) is 18.2 Å². The second-order valence-electron chi connectivity index (χ2n) is 6.55. The molecule has 1 aromatic carbocycles. The first-order valence-corrected chi connectivity index (χ1v) is 8.22. The molecule has 1 aliphatic heterocycles. The van der Waals surface area contributed by atoms with E-state index in [0.717, 1.165) is 31.1 Å². The zero-order chi connectivity index (χ0) is 15.9. The summed E-state index contributed by atoms with van der Waals surface area (Å²) in [6.45, 7) is 8.96. The minimum absolute atomic E-state index is 0.548. The molecule has 0 amide bonds. The smallest absolute Gasteiger partial charge is 0.171 e. The predicted octanol–water partition coefficient (Wildman–Crippen LogP) is 1.84. The highest BCUT2D eigenvalue weighted by Gasteiger charge is 2.24. The SMILES string of the molecule is COc1cccc(C=O)c1OCCC[NH+]1C[C@H](C)C[C@@H](C)C1. The van der Waals surface area contributed by atoms with Crippen molar-refractivity contribution in [3.05, 3.63) is 23.8 Å². The molecule has 1 N–H and O–H groups in total. The minimum Gasteiger partial charge on any atom is -0.493 e. The summed E-state index contributed by atoms with van der Waals surface area (Å²) in [7, 11) is 1.59. The van der Waals surface area contributed by atoms with Crippen molar-refractivity contribution < 1.29 is 19.2 Å². The van der Waals surface area contributed by atoms with Crippen LogP contribution >= 0.6 is 0 Å². The Morgan fingerprint density at radius 3 is 2.64 bits per heavy atom. The lowest BCUT2D eigenvalue weighted by Crippen LogP contribution is -3.14. The molecule has 0 spiro atoms. The van der Waals surface area contributed by atoms with Crippen LogP contribution < -0.4 is 14.4 Å². The second-order valence-corrected chi connectivity index (χ2v) is 6.55. The standard InChI is InChI=1S/C18H27NO3/c1-14-10-15(2)12-19(11-14)8-5-9-22-18-16(13-20)6-4-7-17(18)21-3/h4,6-7,13-15H,5,8-12H2,1-3H3/p+1/t14-,15-/m1/s1. The molecule has 0 bridgehead atoms. The van der Waals surface area contributed by atoms with E-state index in [1.54, 1.807) is 24.1 Å². The van der Waals surface area contributed by atoms with Crippen molar-refractivity contribution in [3.8, 4) is 11.5 Å². The van der Waals surface area contributed by atoms with Crippen molar-refractivity contribution >= 4 is 6.29 Å². The Bertz CT molecular complexity index is 479. The molecule has 0 aromatic heterocycles. The maximum Gasteiger partial charge on any atom is 0.171 e. The van der Waals surface area contributed by atoms with Gasteiger partial charge in [-0.05, 0) is 18.6 Å². The molecule has 122 valence electrons. The van der Waals surface area contributed by atoms with E-state index in [-0.39, 0.29) is 0 Å². The van der Waals surface area contributed by atoms with Gasteiger partial charge in [0.25, 0.3) is 0 Å². The highest BCUT2D eigenvalue weighted by molar-refractivity contribution is 5.81. The highest BCUT2D eigenvalue weighted by Crippen LogP contribution is 2.29. The van der Waals surface area contributed by atoms with Crippen LogP contribution in [0.2, 0.25) is 0 Å². The van der Waals surface area contributed by atoms with Crippen LogP contribution in [0, 0.1) is 11.8 Å². The fourth-order valence-electron chi connectivity index (χ4n) is 3.56. The molecule has 4 nitrogen and oxygen atoms in total. The molecule has 0 aliphatic carbocycles. The third kappa shape index (κ3) is 4.47.